The molecule has 0 unspecified atom stereocenters. The molecule has 0 aromatic carbocycles. The maximum atomic E-state index is 12.6. The normalized spacial score (nSPS) is 25.2. The van der Waals surface area contributed by atoms with E-state index in [1.54, 1.807) is 0 Å². The lowest BCUT2D eigenvalue weighted by molar-refractivity contribution is -0.131. The minimum atomic E-state index is -0.465. The first-order valence-electron chi connectivity index (χ1n) is 8.33. The summed E-state index contributed by atoms with van der Waals surface area (Å²) in [6, 6.07) is 1.65. The fourth-order valence-electron chi connectivity index (χ4n) is 3.52. The Kier molecular flexibility index (Phi) is 4.86. The van der Waals surface area contributed by atoms with Gasteiger partial charge in [-0.2, -0.15) is 0 Å². The van der Waals surface area contributed by atoms with Crippen LogP contribution in [0.15, 0.2) is 21.9 Å². The van der Waals surface area contributed by atoms with Gasteiger partial charge in [0.05, 0.1) is 13.2 Å². The number of hydrogen-bond acceptors (Lipinski definition) is 5. The second kappa shape index (κ2) is 6.90. The van der Waals surface area contributed by atoms with Crippen molar-refractivity contribution in [2.24, 2.45) is 13.0 Å². The lowest BCUT2D eigenvalue weighted by Crippen LogP contribution is -2.47. The molecular weight excluding hydrogens is 312 g/mol. The Bertz CT molecular complexity index is 720. The van der Waals surface area contributed by atoms with E-state index in [1.807, 2.05) is 4.90 Å². The topological polar surface area (TPSA) is 76.8 Å². The van der Waals surface area contributed by atoms with Gasteiger partial charge in [-0.3, -0.25) is 23.6 Å². The first-order chi connectivity index (χ1) is 11.5. The zero-order valence-corrected chi connectivity index (χ0v) is 14.2. The van der Waals surface area contributed by atoms with Crippen molar-refractivity contribution in [3.63, 3.8) is 0 Å². The summed E-state index contributed by atoms with van der Waals surface area (Å²) >= 11 is 0. The SMILES string of the molecule is C[C@H]1CN(C(=O)Cn2ccc(=O)n(C)c2=O)C[C@H]1N1CCOCC1. The largest absolute Gasteiger partial charge is 0.379 e. The second-order valence-corrected chi connectivity index (χ2v) is 6.62. The van der Waals surface area contributed by atoms with Crippen molar-refractivity contribution in [3.8, 4) is 0 Å². The molecule has 132 valence electrons. The molecule has 0 radical (unpaired) electrons. The van der Waals surface area contributed by atoms with E-state index in [9.17, 15) is 14.4 Å². The van der Waals surface area contributed by atoms with Crippen molar-refractivity contribution in [2.75, 3.05) is 39.4 Å². The van der Waals surface area contributed by atoms with Crippen LogP contribution in [0.5, 0.6) is 0 Å². The highest BCUT2D eigenvalue weighted by atomic mass is 16.5. The van der Waals surface area contributed by atoms with Gasteiger partial charge in [-0.15, -0.1) is 0 Å². The van der Waals surface area contributed by atoms with Crippen molar-refractivity contribution in [3.05, 3.63) is 33.1 Å². The number of rotatable bonds is 3. The molecule has 0 spiro atoms. The Morgan fingerprint density at radius 3 is 2.67 bits per heavy atom. The third kappa shape index (κ3) is 3.29. The van der Waals surface area contributed by atoms with E-state index in [2.05, 4.69) is 11.8 Å². The summed E-state index contributed by atoms with van der Waals surface area (Å²) in [5.41, 5.74) is -0.835. The van der Waals surface area contributed by atoms with Gasteiger partial charge in [-0.1, -0.05) is 6.92 Å². The predicted octanol–water partition coefficient (Wildman–Crippen LogP) is -1.27. The van der Waals surface area contributed by atoms with E-state index >= 15 is 0 Å². The molecule has 0 saturated carbocycles. The first-order valence-corrected chi connectivity index (χ1v) is 8.33. The molecule has 1 aromatic rings. The van der Waals surface area contributed by atoms with Crippen LogP contribution in [-0.2, 0) is 23.1 Å². The first kappa shape index (κ1) is 16.9. The molecule has 3 heterocycles. The molecule has 24 heavy (non-hydrogen) atoms. The molecule has 2 aliphatic rings. The number of likely N-dealkylation sites (tertiary alicyclic amines) is 1. The summed E-state index contributed by atoms with van der Waals surface area (Å²) in [5.74, 6) is 0.308. The zero-order chi connectivity index (χ0) is 17.3. The number of carbonyl (C=O) groups is 1. The van der Waals surface area contributed by atoms with Crippen LogP contribution in [0, 0.1) is 5.92 Å². The van der Waals surface area contributed by atoms with E-state index in [-0.39, 0.29) is 18.0 Å². The Morgan fingerprint density at radius 1 is 1.25 bits per heavy atom. The zero-order valence-electron chi connectivity index (χ0n) is 14.2. The van der Waals surface area contributed by atoms with Crippen molar-refractivity contribution in [1.29, 1.82) is 0 Å². The molecule has 1 amide bonds. The molecule has 0 aliphatic carbocycles. The molecule has 2 aliphatic heterocycles. The van der Waals surface area contributed by atoms with Gasteiger partial charge in [0.1, 0.15) is 6.54 Å². The number of carbonyl (C=O) groups excluding carboxylic acids is 1. The van der Waals surface area contributed by atoms with Crippen molar-refractivity contribution >= 4 is 5.91 Å². The van der Waals surface area contributed by atoms with Gasteiger partial charge in [-0.05, 0) is 5.92 Å². The summed E-state index contributed by atoms with van der Waals surface area (Å²) in [6.07, 6.45) is 1.39. The molecule has 2 saturated heterocycles. The van der Waals surface area contributed by atoms with E-state index in [1.165, 1.54) is 23.9 Å². The maximum absolute atomic E-state index is 12.6. The van der Waals surface area contributed by atoms with Crippen LogP contribution in [0.25, 0.3) is 0 Å². The average Bonchev–Trinajstić information content (AvgIpc) is 2.98. The third-order valence-corrected chi connectivity index (χ3v) is 5.01. The van der Waals surface area contributed by atoms with Gasteiger partial charge in [0.2, 0.25) is 5.91 Å². The average molecular weight is 336 g/mol. The van der Waals surface area contributed by atoms with Crippen molar-refractivity contribution in [2.45, 2.75) is 19.5 Å². The molecule has 2 atom stereocenters. The van der Waals surface area contributed by atoms with E-state index < -0.39 is 5.69 Å². The summed E-state index contributed by atoms with van der Waals surface area (Å²) in [5, 5.41) is 0. The summed E-state index contributed by atoms with van der Waals surface area (Å²) in [7, 11) is 1.41. The monoisotopic (exact) mass is 336 g/mol. The highest BCUT2D eigenvalue weighted by Gasteiger charge is 2.36. The summed E-state index contributed by atoms with van der Waals surface area (Å²) in [4.78, 5) is 40.3. The van der Waals surface area contributed by atoms with E-state index in [4.69, 9.17) is 4.74 Å². The number of hydrogen-bond donors (Lipinski definition) is 0. The third-order valence-electron chi connectivity index (χ3n) is 5.01. The van der Waals surface area contributed by atoms with Crippen LogP contribution in [0.3, 0.4) is 0 Å². The lowest BCUT2D eigenvalue weighted by Gasteiger charge is -2.34. The number of ether oxygens (including phenoxy) is 1. The van der Waals surface area contributed by atoms with Crippen molar-refractivity contribution in [1.82, 2.24) is 18.9 Å². The smallest absolute Gasteiger partial charge is 0.331 e. The Balaban J connectivity index is 1.67. The predicted molar refractivity (Wildman–Crippen MR) is 87.9 cm³/mol. The van der Waals surface area contributed by atoms with Crippen LogP contribution in [0.4, 0.5) is 0 Å². The molecular formula is C16H24N4O4. The minimum Gasteiger partial charge on any atom is -0.379 e. The highest BCUT2D eigenvalue weighted by molar-refractivity contribution is 5.76. The van der Waals surface area contributed by atoms with Crippen LogP contribution < -0.4 is 11.2 Å². The standard InChI is InChI=1S/C16H24N4O4/c1-12-9-20(10-13(12)18-5-7-24-8-6-18)15(22)11-19-4-3-14(21)17(2)16(19)23/h3-4,12-13H,5-11H2,1-2H3/t12-,13+/m0/s1. The molecule has 2 fully saturated rings. The molecule has 0 bridgehead atoms. The number of aromatic nitrogens is 2. The van der Waals surface area contributed by atoms with E-state index in [0.29, 0.717) is 25.0 Å². The van der Waals surface area contributed by atoms with Gasteiger partial charge in [0, 0.05) is 51.5 Å². The second-order valence-electron chi connectivity index (χ2n) is 6.62. The van der Waals surface area contributed by atoms with Crippen LogP contribution >= 0.6 is 0 Å². The molecule has 8 heteroatoms. The number of nitrogens with zero attached hydrogens (tertiary/aromatic N) is 4. The van der Waals surface area contributed by atoms with E-state index in [0.717, 1.165) is 30.9 Å². The fourth-order valence-corrected chi connectivity index (χ4v) is 3.52. The molecule has 3 rings (SSSR count). The Hall–Kier alpha value is -1.93. The Labute approximate surface area is 140 Å². The highest BCUT2D eigenvalue weighted by Crippen LogP contribution is 2.22. The van der Waals surface area contributed by atoms with Gasteiger partial charge in [-0.25, -0.2) is 4.79 Å². The minimum absolute atomic E-state index is 0.0322. The number of morpholine rings is 1. The quantitative estimate of drug-likeness (QED) is 0.688. The molecule has 0 N–H and O–H groups in total. The number of amides is 1. The lowest BCUT2D eigenvalue weighted by atomic mass is 10.0. The fraction of sp³-hybridized carbons (Fsp3) is 0.688. The molecule has 8 nitrogen and oxygen atoms in total. The summed E-state index contributed by atoms with van der Waals surface area (Å²) < 4.78 is 7.69. The van der Waals surface area contributed by atoms with Crippen molar-refractivity contribution < 1.29 is 9.53 Å². The van der Waals surface area contributed by atoms with Crippen LogP contribution in [0.1, 0.15) is 6.92 Å². The van der Waals surface area contributed by atoms with Crippen LogP contribution in [0.2, 0.25) is 0 Å². The van der Waals surface area contributed by atoms with Gasteiger partial charge < -0.3 is 9.64 Å². The summed E-state index contributed by atoms with van der Waals surface area (Å²) in [6.45, 7) is 6.78. The van der Waals surface area contributed by atoms with Gasteiger partial charge in [0.25, 0.3) is 5.56 Å². The van der Waals surface area contributed by atoms with Crippen LogP contribution in [-0.4, -0.2) is 70.3 Å². The maximum Gasteiger partial charge on any atom is 0.331 e. The molecule has 1 aromatic heterocycles. The van der Waals surface area contributed by atoms with Gasteiger partial charge in [0.15, 0.2) is 0 Å². The Morgan fingerprint density at radius 2 is 1.96 bits per heavy atom. The van der Waals surface area contributed by atoms with Gasteiger partial charge >= 0.3 is 5.69 Å².